The van der Waals surface area contributed by atoms with Gasteiger partial charge < -0.3 is 17.0 Å². The molecule has 0 atom stereocenters. The highest BCUT2D eigenvalue weighted by Crippen LogP contribution is 2.53. The van der Waals surface area contributed by atoms with Crippen LogP contribution < -0.4 is 38.2 Å². The molecule has 4 aromatic rings. The van der Waals surface area contributed by atoms with Gasteiger partial charge in [-0.1, -0.05) is 72.8 Å². The number of carbonyl (C=O) groups excluding carboxylic acids is 4. The van der Waals surface area contributed by atoms with Gasteiger partial charge in [-0.2, -0.15) is 0 Å². The Balaban J connectivity index is 0.000000233. The van der Waals surface area contributed by atoms with Crippen molar-refractivity contribution >= 4 is 84.4 Å². The van der Waals surface area contributed by atoms with Crippen molar-refractivity contribution in [2.45, 2.75) is 25.7 Å². The number of halogens is 3. The van der Waals surface area contributed by atoms with Gasteiger partial charge in [-0.25, -0.2) is 7.85 Å². The van der Waals surface area contributed by atoms with Crippen molar-refractivity contribution in [2.75, 3.05) is 0 Å². The maximum absolute atomic E-state index is 10.4. The lowest BCUT2D eigenvalue weighted by atomic mass is 10.3. The first-order valence-electron chi connectivity index (χ1n) is 13.0. The van der Waals surface area contributed by atoms with Crippen LogP contribution in [0.4, 0.5) is 0 Å². The molecule has 0 saturated carbocycles. The molecule has 2 aliphatic heterocycles. The van der Waals surface area contributed by atoms with E-state index in [2.05, 4.69) is 154 Å². The van der Waals surface area contributed by atoms with Gasteiger partial charge in [0.2, 0.25) is 23.6 Å². The molecule has 0 spiro atoms. The first-order chi connectivity index (χ1) is 19.9. The molecule has 2 aliphatic rings. The summed E-state index contributed by atoms with van der Waals surface area (Å²) >= 11 is 5.61. The minimum Gasteiger partial charge on any atom is -1.00 e. The Morgan fingerprint density at radius 3 is 0.738 bits per heavy atom. The summed E-state index contributed by atoms with van der Waals surface area (Å²) in [6, 6.07) is 43.8. The summed E-state index contributed by atoms with van der Waals surface area (Å²) in [6.07, 6.45) is 1.41. The van der Waals surface area contributed by atoms with Crippen molar-refractivity contribution in [3.05, 3.63) is 121 Å². The Hall–Kier alpha value is -2.97. The molecule has 0 aliphatic carbocycles. The number of benzene rings is 4. The lowest BCUT2D eigenvalue weighted by Crippen LogP contribution is -3.00. The van der Waals surface area contributed by atoms with E-state index in [1.807, 2.05) is 0 Å². The van der Waals surface area contributed by atoms with E-state index in [1.54, 1.807) is 0 Å². The molecule has 2 heterocycles. The molecule has 4 amide bonds. The van der Waals surface area contributed by atoms with Crippen LogP contribution in [0, 0.1) is 0 Å². The SMILES string of the molecule is O=C1CCC(=O)N1Br.O=C1CCC(=O)N1Br.[Br-].c1ccc([P+](c2ccccc2)(c2ccccc2)c2ccccc2)cc1. The molecule has 6 rings (SSSR count). The van der Waals surface area contributed by atoms with Crippen LogP contribution in [0.2, 0.25) is 0 Å². The maximum Gasteiger partial charge on any atom is 0.239 e. The molecule has 6 nitrogen and oxygen atoms in total. The number of hydrogen-bond acceptors (Lipinski definition) is 4. The number of carbonyl (C=O) groups is 4. The quantitative estimate of drug-likeness (QED) is 0.181. The molecule has 0 aromatic heterocycles. The molecular weight excluding hydrogens is 747 g/mol. The zero-order chi connectivity index (χ0) is 29.2. The average Bonchev–Trinajstić information content (AvgIpc) is 3.49. The fourth-order valence-corrected chi connectivity index (χ4v) is 9.57. The van der Waals surface area contributed by atoms with Crippen molar-refractivity contribution in [2.24, 2.45) is 0 Å². The highest BCUT2D eigenvalue weighted by Gasteiger charge is 2.47. The van der Waals surface area contributed by atoms with E-state index in [1.165, 1.54) is 21.2 Å². The Kier molecular flexibility index (Phi) is 12.8. The summed E-state index contributed by atoms with van der Waals surface area (Å²) in [5.74, 6) is -0.574. The standard InChI is InChI=1S/C24H20P.2C4H4BrNO2.BrH/c1-5-13-21(14-6-1)25(22-15-7-2-8-16-22,23-17-9-3-10-18-23)24-19-11-4-12-20-24;2*5-6-3(7)1-2-4(6)8;/h1-20H;2*1-2H2;1H/q+1;;;/p-1. The zero-order valence-electron chi connectivity index (χ0n) is 22.5. The van der Waals surface area contributed by atoms with Crippen LogP contribution in [-0.4, -0.2) is 31.5 Å². The highest BCUT2D eigenvalue weighted by atomic mass is 79.9. The molecular formula is C32H28Br3N2O4P. The molecule has 42 heavy (non-hydrogen) atoms. The Labute approximate surface area is 273 Å². The molecule has 216 valence electrons. The van der Waals surface area contributed by atoms with Gasteiger partial charge in [-0.05, 0) is 48.5 Å². The third-order valence-electron chi connectivity index (χ3n) is 6.56. The van der Waals surface area contributed by atoms with E-state index in [4.69, 9.17) is 0 Å². The topological polar surface area (TPSA) is 74.8 Å². The Morgan fingerprint density at radius 1 is 0.405 bits per heavy atom. The second-order valence-corrected chi connectivity index (χ2v) is 14.0. The highest BCUT2D eigenvalue weighted by molar-refractivity contribution is 9.08. The van der Waals surface area contributed by atoms with E-state index in [9.17, 15) is 19.2 Å². The Bertz CT molecular complexity index is 1260. The van der Waals surface area contributed by atoms with Crippen LogP contribution in [0.25, 0.3) is 0 Å². The minimum absolute atomic E-state index is 0. The lowest BCUT2D eigenvalue weighted by Gasteiger charge is -2.27. The van der Waals surface area contributed by atoms with Crippen molar-refractivity contribution in [1.82, 2.24) is 7.85 Å². The van der Waals surface area contributed by atoms with Crippen molar-refractivity contribution < 1.29 is 36.2 Å². The lowest BCUT2D eigenvalue weighted by molar-refractivity contribution is -0.133. The number of imide groups is 2. The largest absolute Gasteiger partial charge is 1.00 e. The molecule has 10 heteroatoms. The molecule has 4 aromatic carbocycles. The van der Waals surface area contributed by atoms with E-state index in [0.717, 1.165) is 7.85 Å². The summed E-state index contributed by atoms with van der Waals surface area (Å²) in [4.78, 5) is 41.8. The minimum atomic E-state index is -1.91. The number of nitrogens with zero attached hydrogens (tertiary/aromatic N) is 2. The van der Waals surface area contributed by atoms with Gasteiger partial charge in [0.25, 0.3) is 0 Å². The van der Waals surface area contributed by atoms with Gasteiger partial charge in [-0.15, -0.1) is 0 Å². The van der Waals surface area contributed by atoms with Gasteiger partial charge in [-0.3, -0.25) is 19.2 Å². The van der Waals surface area contributed by atoms with Crippen LogP contribution in [0.15, 0.2) is 121 Å². The number of amides is 4. The van der Waals surface area contributed by atoms with E-state index >= 15 is 0 Å². The molecule has 0 radical (unpaired) electrons. The maximum atomic E-state index is 10.4. The van der Waals surface area contributed by atoms with E-state index < -0.39 is 7.26 Å². The predicted molar refractivity (Wildman–Crippen MR) is 171 cm³/mol. The van der Waals surface area contributed by atoms with E-state index in [0.29, 0.717) is 25.7 Å². The van der Waals surface area contributed by atoms with Crippen LogP contribution in [0.1, 0.15) is 25.7 Å². The molecule has 2 fully saturated rings. The third-order valence-corrected chi connectivity index (χ3v) is 12.4. The second kappa shape index (κ2) is 16.0. The van der Waals surface area contributed by atoms with Crippen LogP contribution >= 0.6 is 39.6 Å². The summed E-state index contributed by atoms with van der Waals surface area (Å²) in [5.41, 5.74) is 0. The van der Waals surface area contributed by atoms with Crippen molar-refractivity contribution in [3.8, 4) is 0 Å². The number of rotatable bonds is 4. The van der Waals surface area contributed by atoms with Gasteiger partial charge in [0.1, 0.15) is 28.5 Å². The summed E-state index contributed by atoms with van der Waals surface area (Å²) < 4.78 is 1.96. The molecule has 2 saturated heterocycles. The third kappa shape index (κ3) is 7.70. The fourth-order valence-electron chi connectivity index (χ4n) is 4.60. The van der Waals surface area contributed by atoms with Gasteiger partial charge in [0.05, 0.1) is 32.3 Å². The normalized spacial score (nSPS) is 14.4. The monoisotopic (exact) mass is 772 g/mol. The fraction of sp³-hybridized carbons (Fsp3) is 0.125. The van der Waals surface area contributed by atoms with Gasteiger partial charge in [0.15, 0.2) is 0 Å². The summed E-state index contributed by atoms with van der Waals surface area (Å²) in [5, 5.41) is 5.55. The van der Waals surface area contributed by atoms with Crippen LogP contribution in [0.5, 0.6) is 0 Å². The average molecular weight is 775 g/mol. The molecule has 0 unspecified atom stereocenters. The summed E-state index contributed by atoms with van der Waals surface area (Å²) in [7, 11) is -1.91. The molecule has 0 N–H and O–H groups in total. The number of hydrogen-bond donors (Lipinski definition) is 0. The van der Waals surface area contributed by atoms with Gasteiger partial charge >= 0.3 is 0 Å². The first-order valence-corrected chi connectivity index (χ1v) is 16.2. The molecule has 0 bridgehead atoms. The summed E-state index contributed by atoms with van der Waals surface area (Å²) in [6.45, 7) is 0. The Morgan fingerprint density at radius 2 is 0.595 bits per heavy atom. The van der Waals surface area contributed by atoms with Crippen LogP contribution in [-0.2, 0) is 19.2 Å². The van der Waals surface area contributed by atoms with E-state index in [-0.39, 0.29) is 40.6 Å². The smallest absolute Gasteiger partial charge is 0.239 e. The zero-order valence-corrected chi connectivity index (χ0v) is 28.1. The van der Waals surface area contributed by atoms with Crippen LogP contribution in [0.3, 0.4) is 0 Å². The van der Waals surface area contributed by atoms with Crippen molar-refractivity contribution in [3.63, 3.8) is 0 Å². The first kappa shape index (κ1) is 33.5. The van der Waals surface area contributed by atoms with Crippen molar-refractivity contribution in [1.29, 1.82) is 0 Å². The second-order valence-electron chi connectivity index (χ2n) is 9.15. The van der Waals surface area contributed by atoms with Gasteiger partial charge in [0, 0.05) is 25.7 Å². The predicted octanol–water partition coefficient (Wildman–Crippen LogP) is 2.20.